The molecule has 0 heterocycles. The van der Waals surface area contributed by atoms with Crippen LogP contribution in [0.25, 0.3) is 0 Å². The van der Waals surface area contributed by atoms with E-state index in [0.29, 0.717) is 0 Å². The molecule has 0 spiro atoms. The van der Waals surface area contributed by atoms with Crippen LogP contribution in [0.15, 0.2) is 0 Å². The van der Waals surface area contributed by atoms with Crippen LogP contribution in [0.3, 0.4) is 0 Å². The van der Waals surface area contributed by atoms with E-state index in [1.54, 1.807) is 0 Å². The first-order chi connectivity index (χ1) is 3.89. The number of rotatable bonds is 2. The van der Waals surface area contributed by atoms with Crippen molar-refractivity contribution in [2.75, 3.05) is 0 Å². The molecule has 0 aliphatic carbocycles. The molecule has 0 amide bonds. The fourth-order valence-electron chi connectivity index (χ4n) is 0.151. The number of nitrogens with two attached hydrogens (primary N) is 1. The van der Waals surface area contributed by atoms with E-state index in [9.17, 15) is 9.59 Å². The molecule has 0 radical (unpaired) electrons. The van der Waals surface area contributed by atoms with Gasteiger partial charge in [-0.3, -0.25) is 10.5 Å². The maximum Gasteiger partial charge on any atom is 0.347 e. The zero-order valence-corrected chi connectivity index (χ0v) is 5.47. The van der Waals surface area contributed by atoms with Crippen molar-refractivity contribution < 1.29 is 14.7 Å². The third-order valence-electron chi connectivity index (χ3n) is 0.824. The van der Waals surface area contributed by atoms with E-state index in [4.69, 9.17) is 22.4 Å². The highest BCUT2D eigenvalue weighted by Crippen LogP contribution is 2.07. The Hall–Kier alpha value is -0.610. The Kier molecular flexibility index (Phi) is 2.17. The van der Waals surface area contributed by atoms with Crippen LogP contribution >= 0.6 is 11.6 Å². The summed E-state index contributed by atoms with van der Waals surface area (Å²) >= 11 is 5.03. The summed E-state index contributed by atoms with van der Waals surface area (Å²) in [5.41, 5.74) is 4.82. The summed E-state index contributed by atoms with van der Waals surface area (Å²) in [6.07, 6.45) is 0. The number of hydrogen-bond acceptors (Lipinski definition) is 3. The summed E-state index contributed by atoms with van der Waals surface area (Å²) < 4.78 is 0. The Labute approximate surface area is 56.6 Å². The predicted molar refractivity (Wildman–Crippen MR) is 31.1 cm³/mol. The number of carboxylic acid groups (broad SMARTS) is 1. The summed E-state index contributed by atoms with van der Waals surface area (Å²) in [6, 6.07) is 0. The second-order valence-electron chi connectivity index (χ2n) is 1.57. The van der Waals surface area contributed by atoms with Crippen molar-refractivity contribution in [2.45, 2.75) is 11.9 Å². The van der Waals surface area contributed by atoms with Gasteiger partial charge in [0.15, 0.2) is 5.78 Å². The lowest BCUT2D eigenvalue weighted by Crippen LogP contribution is -2.48. The fraction of sp³-hybridized carbons (Fsp3) is 0.500. The molecule has 0 aliphatic rings. The zero-order chi connectivity index (χ0) is 7.65. The molecule has 0 aromatic rings. The predicted octanol–water partition coefficient (Wildman–Crippen LogP) is -0.446. The Morgan fingerprint density at radius 2 is 2.00 bits per heavy atom. The van der Waals surface area contributed by atoms with Gasteiger partial charge in [-0.05, 0) is 6.92 Å². The lowest BCUT2D eigenvalue weighted by molar-refractivity contribution is -0.143. The molecule has 5 heteroatoms. The summed E-state index contributed by atoms with van der Waals surface area (Å²) in [7, 11) is 0. The van der Waals surface area contributed by atoms with Crippen molar-refractivity contribution in [3.63, 3.8) is 0 Å². The van der Waals surface area contributed by atoms with Crippen molar-refractivity contribution in [1.29, 1.82) is 0 Å². The molecule has 0 aliphatic heterocycles. The van der Waals surface area contributed by atoms with Gasteiger partial charge in [-0.15, -0.1) is 0 Å². The largest absolute Gasteiger partial charge is 0.479 e. The number of carbonyl (C=O) groups excluding carboxylic acids is 1. The van der Waals surface area contributed by atoms with Gasteiger partial charge in [0.1, 0.15) is 0 Å². The standard InChI is InChI=1S/C4H6ClNO3/c1-2(7)4(5,6)3(8)9/h6H2,1H3,(H,8,9). The first-order valence-electron chi connectivity index (χ1n) is 2.11. The smallest absolute Gasteiger partial charge is 0.347 e. The molecule has 3 N–H and O–H groups in total. The Balaban J connectivity index is 4.38. The number of carbonyl (C=O) groups is 2. The molecule has 0 aromatic carbocycles. The molecule has 1 unspecified atom stereocenters. The molecule has 9 heavy (non-hydrogen) atoms. The van der Waals surface area contributed by atoms with E-state index in [1.807, 2.05) is 0 Å². The summed E-state index contributed by atoms with van der Waals surface area (Å²) in [4.78, 5) is 18.0. The van der Waals surface area contributed by atoms with Crippen molar-refractivity contribution >= 4 is 23.4 Å². The highest BCUT2D eigenvalue weighted by atomic mass is 35.5. The van der Waals surface area contributed by atoms with Crippen molar-refractivity contribution in [3.8, 4) is 0 Å². The Morgan fingerprint density at radius 3 is 2.00 bits per heavy atom. The van der Waals surface area contributed by atoms with Crippen LogP contribution in [0.4, 0.5) is 0 Å². The molecule has 1 atom stereocenters. The van der Waals surface area contributed by atoms with Gasteiger partial charge in [0, 0.05) is 0 Å². The molecule has 52 valence electrons. The van der Waals surface area contributed by atoms with Gasteiger partial charge < -0.3 is 5.11 Å². The van der Waals surface area contributed by atoms with E-state index in [-0.39, 0.29) is 0 Å². The van der Waals surface area contributed by atoms with Gasteiger partial charge in [0.2, 0.25) is 5.00 Å². The SMILES string of the molecule is CC(=O)C(N)(Cl)C(=O)O. The van der Waals surface area contributed by atoms with Gasteiger partial charge in [-0.2, -0.15) is 0 Å². The monoisotopic (exact) mass is 151 g/mol. The molecule has 0 aromatic heterocycles. The summed E-state index contributed by atoms with van der Waals surface area (Å²) in [6.45, 7) is 1.02. The van der Waals surface area contributed by atoms with Gasteiger partial charge in [-0.1, -0.05) is 11.6 Å². The minimum absolute atomic E-state index is 0.781. The summed E-state index contributed by atoms with van der Waals surface area (Å²) in [5, 5.41) is 8.13. The molecule has 0 bridgehead atoms. The number of hydrogen-bond donors (Lipinski definition) is 2. The van der Waals surface area contributed by atoms with Gasteiger partial charge in [0.25, 0.3) is 0 Å². The average molecular weight is 152 g/mol. The van der Waals surface area contributed by atoms with E-state index >= 15 is 0 Å². The third-order valence-corrected chi connectivity index (χ3v) is 1.25. The normalized spacial score (nSPS) is 16.3. The van der Waals surface area contributed by atoms with Crippen molar-refractivity contribution in [3.05, 3.63) is 0 Å². The second-order valence-corrected chi connectivity index (χ2v) is 2.17. The number of aliphatic carboxylic acids is 1. The van der Waals surface area contributed by atoms with Crippen LogP contribution < -0.4 is 5.73 Å². The van der Waals surface area contributed by atoms with Crippen LogP contribution in [0.2, 0.25) is 0 Å². The Morgan fingerprint density at radius 1 is 1.67 bits per heavy atom. The highest BCUT2D eigenvalue weighted by Gasteiger charge is 2.36. The maximum absolute atomic E-state index is 10.3. The zero-order valence-electron chi connectivity index (χ0n) is 4.72. The number of ketones is 1. The molecule has 0 saturated heterocycles. The van der Waals surface area contributed by atoms with E-state index < -0.39 is 16.8 Å². The van der Waals surface area contributed by atoms with Crippen LogP contribution in [0.1, 0.15) is 6.92 Å². The van der Waals surface area contributed by atoms with Gasteiger partial charge >= 0.3 is 5.97 Å². The average Bonchev–Trinajstić information content (AvgIpc) is 1.65. The molecular formula is C4H6ClNO3. The Bertz CT molecular complexity index is 138. The van der Waals surface area contributed by atoms with Crippen LogP contribution in [0, 0.1) is 0 Å². The first kappa shape index (κ1) is 8.39. The molecule has 4 nitrogen and oxygen atoms in total. The fourth-order valence-corrected chi connectivity index (χ4v) is 0.151. The van der Waals surface area contributed by atoms with Crippen molar-refractivity contribution in [2.24, 2.45) is 5.73 Å². The lowest BCUT2D eigenvalue weighted by Gasteiger charge is -2.10. The minimum Gasteiger partial charge on any atom is -0.479 e. The highest BCUT2D eigenvalue weighted by molar-refractivity contribution is 6.44. The lowest BCUT2D eigenvalue weighted by atomic mass is 10.2. The van der Waals surface area contributed by atoms with Gasteiger partial charge in [-0.25, -0.2) is 4.79 Å². The minimum atomic E-state index is -2.25. The third kappa shape index (κ3) is 1.65. The van der Waals surface area contributed by atoms with Crippen LogP contribution in [-0.2, 0) is 9.59 Å². The van der Waals surface area contributed by atoms with Crippen LogP contribution in [0.5, 0.6) is 0 Å². The second kappa shape index (κ2) is 2.33. The molecule has 0 rings (SSSR count). The number of alkyl halides is 1. The topological polar surface area (TPSA) is 80.4 Å². The molecule has 0 fully saturated rings. The maximum atomic E-state index is 10.3. The van der Waals surface area contributed by atoms with Crippen molar-refractivity contribution in [1.82, 2.24) is 0 Å². The molecular weight excluding hydrogens is 146 g/mol. The first-order valence-corrected chi connectivity index (χ1v) is 2.49. The van der Waals surface area contributed by atoms with E-state index in [1.165, 1.54) is 0 Å². The van der Waals surface area contributed by atoms with Gasteiger partial charge in [0.05, 0.1) is 0 Å². The number of halogens is 1. The van der Waals surface area contributed by atoms with E-state index in [0.717, 1.165) is 6.92 Å². The molecule has 0 saturated carbocycles. The summed E-state index contributed by atoms with van der Waals surface area (Å²) in [5.74, 6) is -2.31. The quantitative estimate of drug-likeness (QED) is 0.318. The van der Waals surface area contributed by atoms with Crippen LogP contribution in [-0.4, -0.2) is 21.9 Å². The number of Topliss-reactive ketones (excluding diaryl/α,β-unsaturated/α-hetero) is 1. The number of carboxylic acids is 1. The van der Waals surface area contributed by atoms with E-state index in [2.05, 4.69) is 0 Å².